The Morgan fingerprint density at radius 2 is 1.88 bits per heavy atom. The highest BCUT2D eigenvalue weighted by atomic mass is 19.4. The van der Waals surface area contributed by atoms with E-state index in [1.807, 2.05) is 0 Å². The summed E-state index contributed by atoms with van der Waals surface area (Å²) in [4.78, 5) is 12.0. The molecule has 0 spiro atoms. The molecule has 1 atom stereocenters. The van der Waals surface area contributed by atoms with Crippen molar-refractivity contribution in [2.75, 3.05) is 19.0 Å². The number of hydrogen-bond acceptors (Lipinski definition) is 3. The van der Waals surface area contributed by atoms with Crippen LogP contribution in [0, 0.1) is 0 Å². The highest BCUT2D eigenvalue weighted by molar-refractivity contribution is 5.92. The molecule has 0 saturated heterocycles. The van der Waals surface area contributed by atoms with Gasteiger partial charge in [-0.3, -0.25) is 4.79 Å². The van der Waals surface area contributed by atoms with E-state index < -0.39 is 17.8 Å². The van der Waals surface area contributed by atoms with E-state index in [0.717, 1.165) is 12.1 Å². The van der Waals surface area contributed by atoms with Crippen LogP contribution in [-0.2, 0) is 11.0 Å². The fourth-order valence-corrected chi connectivity index (χ4v) is 2.25. The van der Waals surface area contributed by atoms with Crippen LogP contribution in [0.3, 0.4) is 0 Å². The van der Waals surface area contributed by atoms with Crippen molar-refractivity contribution in [3.63, 3.8) is 0 Å². The van der Waals surface area contributed by atoms with E-state index in [1.54, 1.807) is 37.3 Å². The maximum Gasteiger partial charge on any atom is 0.416 e. The smallest absolute Gasteiger partial charge is 0.416 e. The average Bonchev–Trinajstić information content (AvgIpc) is 2.59. The summed E-state index contributed by atoms with van der Waals surface area (Å²) in [7, 11) is 1.53. The monoisotopic (exact) mass is 352 g/mol. The van der Waals surface area contributed by atoms with Crippen molar-refractivity contribution in [1.82, 2.24) is 5.32 Å². The minimum Gasteiger partial charge on any atom is -0.497 e. The van der Waals surface area contributed by atoms with Crippen LogP contribution in [0.15, 0.2) is 48.5 Å². The van der Waals surface area contributed by atoms with E-state index in [-0.39, 0.29) is 12.5 Å². The van der Waals surface area contributed by atoms with E-state index in [2.05, 4.69) is 10.6 Å². The number of ether oxygens (including phenoxy) is 1. The molecule has 0 fully saturated rings. The first-order valence-electron chi connectivity index (χ1n) is 7.64. The van der Waals surface area contributed by atoms with E-state index in [1.165, 1.54) is 13.2 Å². The molecule has 0 heterocycles. The molecule has 2 aromatic carbocycles. The van der Waals surface area contributed by atoms with Gasteiger partial charge in [0, 0.05) is 17.8 Å². The molecule has 0 bridgehead atoms. The van der Waals surface area contributed by atoms with E-state index in [0.29, 0.717) is 17.0 Å². The summed E-state index contributed by atoms with van der Waals surface area (Å²) in [5, 5.41) is 5.61. The third kappa shape index (κ3) is 5.49. The van der Waals surface area contributed by atoms with Crippen LogP contribution in [0.2, 0.25) is 0 Å². The van der Waals surface area contributed by atoms with Gasteiger partial charge in [0.05, 0.1) is 19.2 Å². The van der Waals surface area contributed by atoms with Crippen LogP contribution < -0.4 is 15.4 Å². The number of halogens is 3. The van der Waals surface area contributed by atoms with Crippen LogP contribution in [-0.4, -0.2) is 19.6 Å². The molecule has 0 aliphatic rings. The molecule has 1 amide bonds. The van der Waals surface area contributed by atoms with Gasteiger partial charge in [0.1, 0.15) is 5.75 Å². The molecule has 25 heavy (non-hydrogen) atoms. The first kappa shape index (κ1) is 18.8. The topological polar surface area (TPSA) is 50.4 Å². The largest absolute Gasteiger partial charge is 0.497 e. The molecule has 0 aliphatic heterocycles. The predicted molar refractivity (Wildman–Crippen MR) is 89.5 cm³/mol. The Morgan fingerprint density at radius 1 is 1.16 bits per heavy atom. The molecule has 2 aromatic rings. The third-order valence-electron chi connectivity index (χ3n) is 3.64. The Labute approximate surface area is 144 Å². The van der Waals surface area contributed by atoms with Gasteiger partial charge in [-0.05, 0) is 36.8 Å². The summed E-state index contributed by atoms with van der Waals surface area (Å²) >= 11 is 0. The van der Waals surface area contributed by atoms with Crippen molar-refractivity contribution in [3.8, 4) is 5.75 Å². The molecule has 2 N–H and O–H groups in total. The second-order valence-corrected chi connectivity index (χ2v) is 5.51. The number of alkyl halides is 3. The Balaban J connectivity index is 1.93. The molecule has 0 aliphatic carbocycles. The van der Waals surface area contributed by atoms with Crippen LogP contribution >= 0.6 is 0 Å². The number of hydrogen-bond donors (Lipinski definition) is 2. The van der Waals surface area contributed by atoms with E-state index in [4.69, 9.17) is 4.74 Å². The highest BCUT2D eigenvalue weighted by Gasteiger charge is 2.30. The van der Waals surface area contributed by atoms with E-state index >= 15 is 0 Å². The normalized spacial score (nSPS) is 12.5. The van der Waals surface area contributed by atoms with Gasteiger partial charge in [0.2, 0.25) is 5.91 Å². The first-order chi connectivity index (χ1) is 11.8. The molecule has 0 aromatic heterocycles. The number of methoxy groups -OCH3 is 1. The third-order valence-corrected chi connectivity index (χ3v) is 3.64. The zero-order valence-corrected chi connectivity index (χ0v) is 13.9. The van der Waals surface area contributed by atoms with Crippen LogP contribution in [0.25, 0.3) is 0 Å². The predicted octanol–water partition coefficient (Wildman–Crippen LogP) is 4.00. The zero-order valence-electron chi connectivity index (χ0n) is 13.9. The van der Waals surface area contributed by atoms with Crippen molar-refractivity contribution in [2.24, 2.45) is 0 Å². The summed E-state index contributed by atoms with van der Waals surface area (Å²) in [5.74, 6) is 0.315. The van der Waals surface area contributed by atoms with Crippen LogP contribution in [0.5, 0.6) is 5.75 Å². The van der Waals surface area contributed by atoms with Gasteiger partial charge in [-0.1, -0.05) is 18.2 Å². The summed E-state index contributed by atoms with van der Waals surface area (Å²) in [6.45, 7) is 1.67. The summed E-state index contributed by atoms with van der Waals surface area (Å²) < 4.78 is 43.3. The summed E-state index contributed by atoms with van der Waals surface area (Å²) in [6.07, 6.45) is -4.39. The molecule has 4 nitrogen and oxygen atoms in total. The number of amides is 1. The van der Waals surface area contributed by atoms with Crippen LogP contribution in [0.4, 0.5) is 18.9 Å². The van der Waals surface area contributed by atoms with Gasteiger partial charge >= 0.3 is 6.18 Å². The highest BCUT2D eigenvalue weighted by Crippen LogP contribution is 2.30. The lowest BCUT2D eigenvalue weighted by molar-refractivity contribution is -0.137. The molecular formula is C18H19F3N2O2. The maximum absolute atomic E-state index is 12.8. The number of nitrogens with one attached hydrogen (secondary N) is 2. The minimum atomic E-state index is -4.39. The van der Waals surface area contributed by atoms with Gasteiger partial charge in [0.25, 0.3) is 0 Å². The Hall–Kier alpha value is -2.54. The Morgan fingerprint density at radius 3 is 2.56 bits per heavy atom. The zero-order chi connectivity index (χ0) is 18.4. The number of rotatable bonds is 6. The second-order valence-electron chi connectivity index (χ2n) is 5.51. The van der Waals surface area contributed by atoms with Crippen molar-refractivity contribution in [3.05, 3.63) is 59.7 Å². The second kappa shape index (κ2) is 8.02. The molecular weight excluding hydrogens is 333 g/mol. The molecule has 0 radical (unpaired) electrons. The van der Waals surface area contributed by atoms with Crippen molar-refractivity contribution < 1.29 is 22.7 Å². The number of benzene rings is 2. The number of carbonyl (C=O) groups is 1. The lowest BCUT2D eigenvalue weighted by Gasteiger charge is -2.16. The van der Waals surface area contributed by atoms with E-state index in [9.17, 15) is 18.0 Å². The average molecular weight is 352 g/mol. The standard InChI is InChI=1S/C18H19F3N2O2/c1-12(13-5-3-6-14(9-13)18(19,20)21)22-11-17(24)23-15-7-4-8-16(10-15)25-2/h3-10,12,22H,11H2,1-2H3,(H,23,24)/t12-/m0/s1. The summed E-state index contributed by atoms with van der Waals surface area (Å²) in [5.41, 5.74) is 0.335. The molecule has 2 rings (SSSR count). The van der Waals surface area contributed by atoms with Crippen molar-refractivity contribution >= 4 is 11.6 Å². The molecule has 0 saturated carbocycles. The fourth-order valence-electron chi connectivity index (χ4n) is 2.25. The minimum absolute atomic E-state index is 0.0331. The van der Waals surface area contributed by atoms with Gasteiger partial charge in [-0.25, -0.2) is 0 Å². The molecule has 134 valence electrons. The Kier molecular flexibility index (Phi) is 6.03. The van der Waals surface area contributed by atoms with Crippen molar-refractivity contribution in [2.45, 2.75) is 19.1 Å². The summed E-state index contributed by atoms with van der Waals surface area (Å²) in [6, 6.07) is 11.5. The SMILES string of the molecule is COc1cccc(NC(=O)CN[C@@H](C)c2cccc(C(F)(F)F)c2)c1. The van der Waals surface area contributed by atoms with Gasteiger partial charge in [-0.2, -0.15) is 13.2 Å². The lowest BCUT2D eigenvalue weighted by atomic mass is 10.0. The number of anilines is 1. The number of carbonyl (C=O) groups excluding carboxylic acids is 1. The van der Waals surface area contributed by atoms with Gasteiger partial charge in [0.15, 0.2) is 0 Å². The molecule has 7 heteroatoms. The Bertz CT molecular complexity index is 732. The van der Waals surface area contributed by atoms with Gasteiger partial charge in [-0.15, -0.1) is 0 Å². The molecule has 0 unspecified atom stereocenters. The van der Waals surface area contributed by atoms with Crippen molar-refractivity contribution in [1.29, 1.82) is 0 Å². The quantitative estimate of drug-likeness (QED) is 0.826. The van der Waals surface area contributed by atoms with Gasteiger partial charge < -0.3 is 15.4 Å². The lowest BCUT2D eigenvalue weighted by Crippen LogP contribution is -2.30. The first-order valence-corrected chi connectivity index (χ1v) is 7.64. The van der Waals surface area contributed by atoms with Crippen LogP contribution in [0.1, 0.15) is 24.1 Å². The fraction of sp³-hybridized carbons (Fsp3) is 0.278. The maximum atomic E-state index is 12.8.